The van der Waals surface area contributed by atoms with Crippen LogP contribution in [0.5, 0.6) is 0 Å². The fourth-order valence-electron chi connectivity index (χ4n) is 0.889. The van der Waals surface area contributed by atoms with Crippen LogP contribution in [-0.4, -0.2) is 11.1 Å². The first-order valence-corrected chi connectivity index (χ1v) is 4.16. The summed E-state index contributed by atoms with van der Waals surface area (Å²) in [6.07, 6.45) is 4.71. The summed E-state index contributed by atoms with van der Waals surface area (Å²) in [6, 6.07) is 0. The van der Waals surface area contributed by atoms with Gasteiger partial charge in [-0.3, -0.25) is 0 Å². The van der Waals surface area contributed by atoms with E-state index in [0.717, 1.165) is 6.42 Å². The number of hydrogen-bond donors (Lipinski definition) is 1. The minimum Gasteiger partial charge on any atom is -0.478 e. The Hall–Kier alpha value is -1.05. The van der Waals surface area contributed by atoms with E-state index in [4.69, 9.17) is 5.11 Å². The maximum absolute atomic E-state index is 10.6. The van der Waals surface area contributed by atoms with Crippen molar-refractivity contribution in [2.75, 3.05) is 0 Å². The molecule has 1 N–H and O–H groups in total. The molecule has 0 fully saturated rings. The SMILES string of the molecule is C=CC=C(CC(C)CC)C(=O)O. The van der Waals surface area contributed by atoms with Crippen LogP contribution in [0.25, 0.3) is 0 Å². The molecule has 0 spiro atoms. The van der Waals surface area contributed by atoms with Gasteiger partial charge in [-0.2, -0.15) is 0 Å². The van der Waals surface area contributed by atoms with Crippen molar-refractivity contribution in [3.05, 3.63) is 24.3 Å². The predicted molar refractivity (Wildman–Crippen MR) is 50.0 cm³/mol. The summed E-state index contributed by atoms with van der Waals surface area (Å²) in [4.78, 5) is 10.6. The maximum atomic E-state index is 10.6. The monoisotopic (exact) mass is 168 g/mol. The number of allylic oxidation sites excluding steroid dienone is 2. The second-order valence-electron chi connectivity index (χ2n) is 2.95. The molecule has 0 aromatic carbocycles. The van der Waals surface area contributed by atoms with Crippen molar-refractivity contribution < 1.29 is 9.90 Å². The molecule has 0 radical (unpaired) electrons. The zero-order chi connectivity index (χ0) is 9.56. The van der Waals surface area contributed by atoms with Gasteiger partial charge >= 0.3 is 5.97 Å². The average molecular weight is 168 g/mol. The first-order valence-electron chi connectivity index (χ1n) is 4.16. The van der Waals surface area contributed by atoms with Crippen molar-refractivity contribution in [1.82, 2.24) is 0 Å². The lowest BCUT2D eigenvalue weighted by Crippen LogP contribution is -2.04. The van der Waals surface area contributed by atoms with E-state index in [1.165, 1.54) is 6.08 Å². The van der Waals surface area contributed by atoms with Gasteiger partial charge in [0.05, 0.1) is 0 Å². The summed E-state index contributed by atoms with van der Waals surface area (Å²) >= 11 is 0. The van der Waals surface area contributed by atoms with E-state index in [1.807, 2.05) is 6.92 Å². The second-order valence-corrected chi connectivity index (χ2v) is 2.95. The Morgan fingerprint density at radius 3 is 2.58 bits per heavy atom. The van der Waals surface area contributed by atoms with Crippen LogP contribution in [0.4, 0.5) is 0 Å². The number of carboxylic acids is 1. The standard InChI is InChI=1S/C10H16O2/c1-4-6-9(10(11)12)7-8(3)5-2/h4,6,8H,1,5,7H2,2-3H3,(H,11,12). The number of carboxylic acid groups (broad SMARTS) is 1. The van der Waals surface area contributed by atoms with Gasteiger partial charge < -0.3 is 5.11 Å². The third-order valence-electron chi connectivity index (χ3n) is 1.86. The normalized spacial score (nSPS) is 14.0. The summed E-state index contributed by atoms with van der Waals surface area (Å²) in [5.41, 5.74) is 0.444. The Balaban J connectivity index is 4.24. The zero-order valence-electron chi connectivity index (χ0n) is 7.71. The van der Waals surface area contributed by atoms with Crippen molar-refractivity contribution in [1.29, 1.82) is 0 Å². The molecule has 0 aliphatic carbocycles. The number of rotatable bonds is 5. The topological polar surface area (TPSA) is 37.3 Å². The first kappa shape index (κ1) is 11.0. The minimum atomic E-state index is -0.838. The molecule has 0 rings (SSSR count). The summed E-state index contributed by atoms with van der Waals surface area (Å²) < 4.78 is 0. The number of aliphatic carboxylic acids is 1. The third-order valence-corrected chi connectivity index (χ3v) is 1.86. The summed E-state index contributed by atoms with van der Waals surface area (Å²) in [6.45, 7) is 7.57. The van der Waals surface area contributed by atoms with Crippen LogP contribution in [0.15, 0.2) is 24.3 Å². The largest absolute Gasteiger partial charge is 0.478 e. The van der Waals surface area contributed by atoms with E-state index in [-0.39, 0.29) is 0 Å². The van der Waals surface area contributed by atoms with Crippen LogP contribution in [0.1, 0.15) is 26.7 Å². The zero-order valence-corrected chi connectivity index (χ0v) is 7.71. The van der Waals surface area contributed by atoms with Crippen LogP contribution in [0, 0.1) is 5.92 Å². The molecular formula is C10H16O2. The lowest BCUT2D eigenvalue weighted by molar-refractivity contribution is -0.132. The van der Waals surface area contributed by atoms with Crippen molar-refractivity contribution >= 4 is 5.97 Å². The van der Waals surface area contributed by atoms with Gasteiger partial charge in [0.25, 0.3) is 0 Å². The first-order chi connectivity index (χ1) is 5.61. The smallest absolute Gasteiger partial charge is 0.331 e. The third kappa shape index (κ3) is 3.96. The van der Waals surface area contributed by atoms with Gasteiger partial charge in [-0.05, 0) is 12.3 Å². The fraction of sp³-hybridized carbons (Fsp3) is 0.500. The molecule has 0 aromatic heterocycles. The van der Waals surface area contributed by atoms with E-state index in [9.17, 15) is 4.79 Å². The molecule has 0 saturated heterocycles. The molecule has 0 amide bonds. The van der Waals surface area contributed by atoms with Crippen molar-refractivity contribution in [2.24, 2.45) is 5.92 Å². The molecule has 0 saturated carbocycles. The molecule has 12 heavy (non-hydrogen) atoms. The molecule has 0 aliphatic heterocycles. The Morgan fingerprint density at radius 2 is 2.25 bits per heavy atom. The highest BCUT2D eigenvalue weighted by atomic mass is 16.4. The summed E-state index contributed by atoms with van der Waals surface area (Å²) in [7, 11) is 0. The van der Waals surface area contributed by atoms with Crippen LogP contribution < -0.4 is 0 Å². The Labute approximate surface area is 73.6 Å². The molecule has 2 nitrogen and oxygen atoms in total. The van der Waals surface area contributed by atoms with Gasteiger partial charge in [0.15, 0.2) is 0 Å². The lowest BCUT2D eigenvalue weighted by atomic mass is 9.99. The van der Waals surface area contributed by atoms with Crippen molar-refractivity contribution in [2.45, 2.75) is 26.7 Å². The van der Waals surface area contributed by atoms with Crippen LogP contribution in [0.2, 0.25) is 0 Å². The van der Waals surface area contributed by atoms with Crippen LogP contribution in [0.3, 0.4) is 0 Å². The quantitative estimate of drug-likeness (QED) is 0.506. The van der Waals surface area contributed by atoms with Gasteiger partial charge in [0.1, 0.15) is 0 Å². The highest BCUT2D eigenvalue weighted by molar-refractivity contribution is 5.86. The van der Waals surface area contributed by atoms with Gasteiger partial charge in [-0.25, -0.2) is 4.79 Å². The molecule has 0 bridgehead atoms. The highest BCUT2D eigenvalue weighted by Gasteiger charge is 2.09. The average Bonchev–Trinajstić information content (AvgIpc) is 2.03. The molecule has 2 heteroatoms. The Bertz CT molecular complexity index is 192. The maximum Gasteiger partial charge on any atom is 0.331 e. The Kier molecular flexibility index (Phi) is 5.09. The summed E-state index contributed by atoms with van der Waals surface area (Å²) in [5.74, 6) is -0.414. The van der Waals surface area contributed by atoms with E-state index >= 15 is 0 Å². The molecule has 0 aliphatic rings. The molecule has 1 unspecified atom stereocenters. The molecular weight excluding hydrogens is 152 g/mol. The fourth-order valence-corrected chi connectivity index (χ4v) is 0.889. The molecule has 0 aromatic rings. The van der Waals surface area contributed by atoms with Gasteiger partial charge in [-0.1, -0.05) is 39.0 Å². The molecule has 0 heterocycles. The number of carbonyl (C=O) groups is 1. The minimum absolute atomic E-state index is 0.423. The van der Waals surface area contributed by atoms with E-state index in [2.05, 4.69) is 13.5 Å². The van der Waals surface area contributed by atoms with Gasteiger partial charge in [-0.15, -0.1) is 0 Å². The molecule has 68 valence electrons. The highest BCUT2D eigenvalue weighted by Crippen LogP contribution is 2.14. The molecule has 1 atom stereocenters. The van der Waals surface area contributed by atoms with Crippen molar-refractivity contribution in [3.63, 3.8) is 0 Å². The van der Waals surface area contributed by atoms with Crippen LogP contribution >= 0.6 is 0 Å². The van der Waals surface area contributed by atoms with E-state index in [1.54, 1.807) is 6.08 Å². The Morgan fingerprint density at radius 1 is 1.67 bits per heavy atom. The lowest BCUT2D eigenvalue weighted by Gasteiger charge is -2.07. The van der Waals surface area contributed by atoms with Gasteiger partial charge in [0, 0.05) is 5.57 Å². The number of hydrogen-bond acceptors (Lipinski definition) is 1. The second kappa shape index (κ2) is 5.58. The van der Waals surface area contributed by atoms with E-state index < -0.39 is 5.97 Å². The van der Waals surface area contributed by atoms with Gasteiger partial charge in [0.2, 0.25) is 0 Å². The van der Waals surface area contributed by atoms with Crippen molar-refractivity contribution in [3.8, 4) is 0 Å². The predicted octanol–water partition coefficient (Wildman–Crippen LogP) is 2.62. The van der Waals surface area contributed by atoms with E-state index in [0.29, 0.717) is 17.9 Å². The van der Waals surface area contributed by atoms with Crippen LogP contribution in [-0.2, 0) is 4.79 Å². The summed E-state index contributed by atoms with van der Waals surface area (Å²) in [5, 5.41) is 8.73.